The molecule has 4 atom stereocenters. The third-order valence-corrected chi connectivity index (χ3v) is 4.44. The lowest BCUT2D eigenvalue weighted by Crippen LogP contribution is -2.50. The first-order valence-corrected chi connectivity index (χ1v) is 6.17. The summed E-state index contributed by atoms with van der Waals surface area (Å²) in [6.45, 7) is 4.69. The van der Waals surface area contributed by atoms with Gasteiger partial charge in [0.15, 0.2) is 11.6 Å². The predicted molar refractivity (Wildman–Crippen MR) is 63.3 cm³/mol. The lowest BCUT2D eigenvalue weighted by molar-refractivity contribution is -0.200. The van der Waals surface area contributed by atoms with Gasteiger partial charge in [-0.25, -0.2) is 0 Å². The number of carbonyl (C=O) groups excluding carboxylic acids is 1. The van der Waals surface area contributed by atoms with Gasteiger partial charge in [0.25, 0.3) is 0 Å². The van der Waals surface area contributed by atoms with Crippen LogP contribution in [0.5, 0.6) is 0 Å². The molecule has 1 saturated heterocycles. The van der Waals surface area contributed by atoms with E-state index in [1.165, 1.54) is 5.57 Å². The molecule has 3 nitrogen and oxygen atoms in total. The van der Waals surface area contributed by atoms with Gasteiger partial charge in [0.05, 0.1) is 6.61 Å². The second-order valence-corrected chi connectivity index (χ2v) is 5.43. The van der Waals surface area contributed by atoms with E-state index in [-0.39, 0.29) is 17.6 Å². The van der Waals surface area contributed by atoms with Crippen molar-refractivity contribution in [3.8, 4) is 0 Å². The van der Waals surface area contributed by atoms with Gasteiger partial charge in [-0.05, 0) is 31.9 Å². The van der Waals surface area contributed by atoms with Crippen LogP contribution in [0.15, 0.2) is 23.3 Å². The van der Waals surface area contributed by atoms with E-state index in [1.54, 1.807) is 13.2 Å². The smallest absolute Gasteiger partial charge is 0.194 e. The molecule has 2 aliphatic carbocycles. The number of carbonyl (C=O) groups is 1. The van der Waals surface area contributed by atoms with Crippen LogP contribution in [-0.2, 0) is 14.3 Å². The van der Waals surface area contributed by atoms with Crippen LogP contribution in [0, 0.1) is 17.8 Å². The number of ketones is 1. The fourth-order valence-corrected chi connectivity index (χ4v) is 3.76. The number of rotatable bonds is 1. The Morgan fingerprint density at radius 2 is 2.24 bits per heavy atom. The molecule has 0 N–H and O–H groups in total. The molecule has 0 aromatic carbocycles. The van der Waals surface area contributed by atoms with Gasteiger partial charge in [0.2, 0.25) is 0 Å². The summed E-state index contributed by atoms with van der Waals surface area (Å²) in [5.74, 6) is 0.106. The minimum absolute atomic E-state index is 0.0381. The molecule has 0 saturated carbocycles. The minimum Gasteiger partial charge on any atom is -0.349 e. The lowest BCUT2D eigenvalue weighted by Gasteiger charge is -2.43. The Morgan fingerprint density at radius 1 is 1.47 bits per heavy atom. The van der Waals surface area contributed by atoms with E-state index in [4.69, 9.17) is 9.47 Å². The Bertz CT molecular complexity index is 435. The van der Waals surface area contributed by atoms with Gasteiger partial charge in [-0.15, -0.1) is 0 Å². The van der Waals surface area contributed by atoms with Crippen molar-refractivity contribution in [1.29, 1.82) is 0 Å². The Hall–Kier alpha value is -0.930. The van der Waals surface area contributed by atoms with Crippen molar-refractivity contribution in [3.63, 3.8) is 0 Å². The Balaban J connectivity index is 2.13. The summed E-state index contributed by atoms with van der Waals surface area (Å²) in [6, 6.07) is 0. The summed E-state index contributed by atoms with van der Waals surface area (Å²) in [4.78, 5) is 12.1. The van der Waals surface area contributed by atoms with Gasteiger partial charge < -0.3 is 9.47 Å². The molecule has 0 spiro atoms. The van der Waals surface area contributed by atoms with Crippen molar-refractivity contribution in [2.24, 2.45) is 17.8 Å². The molecule has 0 aromatic heterocycles. The SMILES string of the molecule is CO[C@@]12OC[C@@H]3C=C(C)C[C@@H](C(=O)C=C1C)[C@H]32. The van der Waals surface area contributed by atoms with Crippen LogP contribution < -0.4 is 0 Å². The summed E-state index contributed by atoms with van der Waals surface area (Å²) in [5, 5.41) is 0. The van der Waals surface area contributed by atoms with E-state index in [1.807, 2.05) is 6.92 Å². The molecular formula is C14H18O3. The predicted octanol–water partition coefficient (Wildman–Crippen LogP) is 2.09. The average Bonchev–Trinajstić information content (AvgIpc) is 2.66. The molecule has 0 amide bonds. The van der Waals surface area contributed by atoms with Crippen LogP contribution in [0.25, 0.3) is 0 Å². The molecule has 3 rings (SSSR count). The normalized spacial score (nSPS) is 44.2. The largest absolute Gasteiger partial charge is 0.349 e. The summed E-state index contributed by atoms with van der Waals surface area (Å²) < 4.78 is 11.6. The zero-order chi connectivity index (χ0) is 12.2. The monoisotopic (exact) mass is 234 g/mol. The molecule has 1 heterocycles. The minimum atomic E-state index is -0.652. The maximum Gasteiger partial charge on any atom is 0.194 e. The summed E-state index contributed by atoms with van der Waals surface area (Å²) in [5.41, 5.74) is 2.22. The van der Waals surface area contributed by atoms with Crippen LogP contribution >= 0.6 is 0 Å². The third kappa shape index (κ3) is 1.33. The third-order valence-electron chi connectivity index (χ3n) is 4.44. The second-order valence-electron chi connectivity index (χ2n) is 5.43. The Morgan fingerprint density at radius 3 is 2.94 bits per heavy atom. The van der Waals surface area contributed by atoms with E-state index in [2.05, 4.69) is 13.0 Å². The van der Waals surface area contributed by atoms with Gasteiger partial charge in [-0.1, -0.05) is 11.6 Å². The zero-order valence-electron chi connectivity index (χ0n) is 10.5. The first-order chi connectivity index (χ1) is 8.08. The molecule has 3 aliphatic rings. The van der Waals surface area contributed by atoms with Crippen LogP contribution in [0.3, 0.4) is 0 Å². The molecule has 1 fully saturated rings. The van der Waals surface area contributed by atoms with E-state index < -0.39 is 5.79 Å². The first kappa shape index (κ1) is 11.2. The fourth-order valence-electron chi connectivity index (χ4n) is 3.76. The molecule has 0 radical (unpaired) electrons. The van der Waals surface area contributed by atoms with E-state index in [0.717, 1.165) is 12.0 Å². The van der Waals surface area contributed by atoms with Gasteiger partial charge in [-0.3, -0.25) is 4.79 Å². The highest BCUT2D eigenvalue weighted by atomic mass is 16.7. The molecular weight excluding hydrogens is 216 g/mol. The molecule has 0 unspecified atom stereocenters. The zero-order valence-corrected chi connectivity index (χ0v) is 10.5. The number of ether oxygens (including phenoxy) is 2. The maximum atomic E-state index is 12.1. The maximum absolute atomic E-state index is 12.1. The number of hydrogen-bond donors (Lipinski definition) is 0. The van der Waals surface area contributed by atoms with Gasteiger partial charge >= 0.3 is 0 Å². The number of hydrogen-bond acceptors (Lipinski definition) is 3. The second kappa shape index (κ2) is 3.53. The highest BCUT2D eigenvalue weighted by molar-refractivity contribution is 5.94. The van der Waals surface area contributed by atoms with E-state index >= 15 is 0 Å². The molecule has 0 aromatic rings. The van der Waals surface area contributed by atoms with Crippen molar-refractivity contribution in [2.75, 3.05) is 13.7 Å². The van der Waals surface area contributed by atoms with Crippen LogP contribution in [-0.4, -0.2) is 25.3 Å². The van der Waals surface area contributed by atoms with Crippen molar-refractivity contribution in [3.05, 3.63) is 23.3 Å². The summed E-state index contributed by atoms with van der Waals surface area (Å²) in [6.07, 6.45) is 4.82. The first-order valence-electron chi connectivity index (χ1n) is 6.17. The van der Waals surface area contributed by atoms with Gasteiger partial charge in [-0.2, -0.15) is 0 Å². The quantitative estimate of drug-likeness (QED) is 0.652. The Kier molecular flexibility index (Phi) is 2.32. The van der Waals surface area contributed by atoms with Crippen molar-refractivity contribution in [1.82, 2.24) is 0 Å². The van der Waals surface area contributed by atoms with Gasteiger partial charge in [0, 0.05) is 24.9 Å². The fraction of sp³-hybridized carbons (Fsp3) is 0.643. The van der Waals surface area contributed by atoms with Gasteiger partial charge in [0.1, 0.15) is 0 Å². The summed E-state index contributed by atoms with van der Waals surface area (Å²) >= 11 is 0. The highest BCUT2D eigenvalue weighted by Crippen LogP contribution is 2.53. The molecule has 92 valence electrons. The standard InChI is InChI=1S/C14H18O3/c1-8-4-10-7-17-14(16-3)9(2)6-12(15)11(5-8)13(10)14/h4,6,10-11,13H,5,7H2,1-3H3/t10-,11-,13-,14+/m0/s1. The molecule has 17 heavy (non-hydrogen) atoms. The van der Waals surface area contributed by atoms with E-state index in [9.17, 15) is 4.79 Å². The van der Waals surface area contributed by atoms with E-state index in [0.29, 0.717) is 12.5 Å². The van der Waals surface area contributed by atoms with Crippen LogP contribution in [0.4, 0.5) is 0 Å². The van der Waals surface area contributed by atoms with Crippen LogP contribution in [0.2, 0.25) is 0 Å². The van der Waals surface area contributed by atoms with Crippen LogP contribution in [0.1, 0.15) is 20.3 Å². The number of allylic oxidation sites excluding steroid dienone is 2. The van der Waals surface area contributed by atoms with Crippen molar-refractivity contribution < 1.29 is 14.3 Å². The molecule has 3 heteroatoms. The molecule has 0 bridgehead atoms. The summed E-state index contributed by atoms with van der Waals surface area (Å²) in [7, 11) is 1.68. The topological polar surface area (TPSA) is 35.5 Å². The van der Waals surface area contributed by atoms with Crippen molar-refractivity contribution in [2.45, 2.75) is 26.1 Å². The molecule has 1 aliphatic heterocycles. The average molecular weight is 234 g/mol. The Labute approximate surface area is 101 Å². The highest BCUT2D eigenvalue weighted by Gasteiger charge is 2.58. The lowest BCUT2D eigenvalue weighted by atomic mass is 9.65. The number of methoxy groups -OCH3 is 1. The van der Waals surface area contributed by atoms with Crippen molar-refractivity contribution >= 4 is 5.78 Å².